The van der Waals surface area contributed by atoms with Gasteiger partial charge in [-0.25, -0.2) is 0 Å². The molecule has 1 rings (SSSR count). The van der Waals surface area contributed by atoms with E-state index in [1.165, 1.54) is 0 Å². The van der Waals surface area contributed by atoms with Crippen molar-refractivity contribution in [2.75, 3.05) is 38.3 Å². The minimum Gasteiger partial charge on any atom is -0.382 e. The number of rotatable bonds is 7. The van der Waals surface area contributed by atoms with Gasteiger partial charge in [-0.1, -0.05) is 19.9 Å². The molecule has 0 spiro atoms. The molecule has 0 heterocycles. The highest BCUT2D eigenvalue weighted by molar-refractivity contribution is 5.76. The van der Waals surface area contributed by atoms with Gasteiger partial charge in [-0.15, -0.1) is 0 Å². The zero-order valence-corrected chi connectivity index (χ0v) is 12.8. The fraction of sp³-hybridized carbons (Fsp3) is 0.571. The molecule has 0 fully saturated rings. The number of nitrogens with one attached hydrogen (secondary N) is 2. The third kappa shape index (κ3) is 4.09. The molecule has 112 valence electrons. The molecule has 1 aromatic rings. The lowest BCUT2D eigenvalue weighted by Gasteiger charge is -2.26. The summed E-state index contributed by atoms with van der Waals surface area (Å²) < 4.78 is 0. The molecular weight excluding hydrogens is 256 g/mol. The van der Waals surface area contributed by atoms with Gasteiger partial charge in [-0.2, -0.15) is 0 Å². The number of likely N-dealkylation sites (N-methyl/N-ethyl adjacent to an activating group) is 1. The van der Waals surface area contributed by atoms with Gasteiger partial charge in [-0.05, 0) is 32.1 Å². The second-order valence-corrected chi connectivity index (χ2v) is 5.47. The minimum absolute atomic E-state index is 0.0967. The minimum atomic E-state index is -0.346. The zero-order valence-electron chi connectivity index (χ0n) is 12.8. The van der Waals surface area contributed by atoms with Crippen molar-refractivity contribution in [3.05, 3.63) is 28.3 Å². The van der Waals surface area contributed by atoms with Gasteiger partial charge in [0.05, 0.1) is 4.92 Å². The van der Waals surface area contributed by atoms with Gasteiger partial charge >= 0.3 is 5.69 Å². The molecule has 0 saturated heterocycles. The Balaban J connectivity index is 3.09. The summed E-state index contributed by atoms with van der Waals surface area (Å²) in [6, 6.07) is 5.42. The van der Waals surface area contributed by atoms with Gasteiger partial charge in [0, 0.05) is 19.6 Å². The standard InChI is InChI=1S/C14H24N4O2/c1-10(2)13(9-17(4)5)16-12-8-6-7-11(15-3)14(12)18(19)20/h6-8,10,13,15-16H,9H2,1-5H3. The van der Waals surface area contributed by atoms with Gasteiger partial charge in [0.1, 0.15) is 11.4 Å². The molecule has 1 unspecified atom stereocenters. The molecule has 0 aliphatic heterocycles. The lowest BCUT2D eigenvalue weighted by molar-refractivity contribution is -0.383. The van der Waals surface area contributed by atoms with Crippen LogP contribution in [0.1, 0.15) is 13.8 Å². The van der Waals surface area contributed by atoms with E-state index in [-0.39, 0.29) is 16.7 Å². The molecule has 0 amide bonds. The number of hydrogen-bond acceptors (Lipinski definition) is 5. The lowest BCUT2D eigenvalue weighted by atomic mass is 10.0. The van der Waals surface area contributed by atoms with Crippen molar-refractivity contribution < 1.29 is 4.92 Å². The number of nitro groups is 1. The highest BCUT2D eigenvalue weighted by Gasteiger charge is 2.22. The second-order valence-electron chi connectivity index (χ2n) is 5.47. The van der Waals surface area contributed by atoms with E-state index < -0.39 is 0 Å². The Bertz CT molecular complexity index is 460. The average Bonchev–Trinajstić information content (AvgIpc) is 2.36. The molecule has 1 atom stereocenters. The van der Waals surface area contributed by atoms with Crippen LogP contribution in [0.2, 0.25) is 0 Å². The van der Waals surface area contributed by atoms with E-state index in [0.29, 0.717) is 17.3 Å². The number of nitro benzene ring substituents is 1. The SMILES string of the molecule is CNc1cccc(NC(CN(C)C)C(C)C)c1[N+](=O)[O-]. The highest BCUT2D eigenvalue weighted by Crippen LogP contribution is 2.33. The van der Waals surface area contributed by atoms with E-state index in [1.54, 1.807) is 19.2 Å². The smallest absolute Gasteiger partial charge is 0.315 e. The summed E-state index contributed by atoms with van der Waals surface area (Å²) >= 11 is 0. The molecule has 0 aliphatic carbocycles. The summed E-state index contributed by atoms with van der Waals surface area (Å²) in [6.07, 6.45) is 0. The van der Waals surface area contributed by atoms with Crippen molar-refractivity contribution in [2.45, 2.75) is 19.9 Å². The fourth-order valence-electron chi connectivity index (χ4n) is 2.07. The summed E-state index contributed by atoms with van der Waals surface area (Å²) in [6.45, 7) is 5.03. The molecular formula is C14H24N4O2. The molecule has 0 radical (unpaired) electrons. The monoisotopic (exact) mass is 280 g/mol. The van der Waals surface area contributed by atoms with Crippen molar-refractivity contribution in [3.8, 4) is 0 Å². The number of anilines is 2. The molecule has 0 saturated carbocycles. The predicted octanol–water partition coefficient (Wildman–Crippen LogP) is 2.63. The van der Waals surface area contributed by atoms with Gasteiger partial charge < -0.3 is 15.5 Å². The van der Waals surface area contributed by atoms with Crippen LogP contribution >= 0.6 is 0 Å². The molecule has 6 heteroatoms. The Hall–Kier alpha value is -1.82. The van der Waals surface area contributed by atoms with E-state index in [4.69, 9.17) is 0 Å². The maximum Gasteiger partial charge on any atom is 0.315 e. The van der Waals surface area contributed by atoms with E-state index in [0.717, 1.165) is 6.54 Å². The first-order valence-electron chi connectivity index (χ1n) is 6.73. The van der Waals surface area contributed by atoms with E-state index in [1.807, 2.05) is 20.2 Å². The molecule has 0 aromatic heterocycles. The predicted molar refractivity (Wildman–Crippen MR) is 83.4 cm³/mol. The van der Waals surface area contributed by atoms with Crippen molar-refractivity contribution >= 4 is 17.1 Å². The average molecular weight is 280 g/mol. The summed E-state index contributed by atoms with van der Waals surface area (Å²) in [5.41, 5.74) is 1.18. The molecule has 0 bridgehead atoms. The van der Waals surface area contributed by atoms with Gasteiger partial charge in [0.25, 0.3) is 0 Å². The summed E-state index contributed by atoms with van der Waals surface area (Å²) in [5.74, 6) is 0.371. The normalized spacial score (nSPS) is 12.6. The van der Waals surface area contributed by atoms with Crippen LogP contribution in [0.3, 0.4) is 0 Å². The van der Waals surface area contributed by atoms with Crippen molar-refractivity contribution in [3.63, 3.8) is 0 Å². The van der Waals surface area contributed by atoms with Crippen LogP contribution in [0.25, 0.3) is 0 Å². The van der Waals surface area contributed by atoms with Crippen LogP contribution in [-0.4, -0.2) is 43.6 Å². The van der Waals surface area contributed by atoms with Gasteiger partial charge in [0.2, 0.25) is 0 Å². The van der Waals surface area contributed by atoms with Crippen LogP contribution in [0.5, 0.6) is 0 Å². The molecule has 6 nitrogen and oxygen atoms in total. The van der Waals surface area contributed by atoms with Crippen molar-refractivity contribution in [2.24, 2.45) is 5.92 Å². The van der Waals surface area contributed by atoms with E-state index in [9.17, 15) is 10.1 Å². The molecule has 0 aliphatic rings. The van der Waals surface area contributed by atoms with E-state index in [2.05, 4.69) is 29.4 Å². The maximum atomic E-state index is 11.3. The van der Waals surface area contributed by atoms with Crippen LogP contribution in [-0.2, 0) is 0 Å². The highest BCUT2D eigenvalue weighted by atomic mass is 16.6. The third-order valence-electron chi connectivity index (χ3n) is 3.20. The number of nitrogens with zero attached hydrogens (tertiary/aromatic N) is 2. The third-order valence-corrected chi connectivity index (χ3v) is 3.20. The first-order chi connectivity index (χ1) is 9.36. The zero-order chi connectivity index (χ0) is 15.3. The first kappa shape index (κ1) is 16.2. The van der Waals surface area contributed by atoms with Gasteiger partial charge in [-0.3, -0.25) is 10.1 Å². The number of hydrogen-bond donors (Lipinski definition) is 2. The fourth-order valence-corrected chi connectivity index (χ4v) is 2.07. The second kappa shape index (κ2) is 7.09. The number of benzene rings is 1. The van der Waals surface area contributed by atoms with Crippen LogP contribution in [0, 0.1) is 16.0 Å². The van der Waals surface area contributed by atoms with Crippen LogP contribution < -0.4 is 10.6 Å². The summed E-state index contributed by atoms with van der Waals surface area (Å²) in [7, 11) is 5.68. The Morgan fingerprint density at radius 2 is 1.90 bits per heavy atom. The maximum absolute atomic E-state index is 11.3. The molecule has 20 heavy (non-hydrogen) atoms. The first-order valence-corrected chi connectivity index (χ1v) is 6.73. The number of para-hydroxylation sites is 1. The van der Waals surface area contributed by atoms with E-state index >= 15 is 0 Å². The Labute approximate surface area is 120 Å². The Morgan fingerprint density at radius 3 is 2.35 bits per heavy atom. The van der Waals surface area contributed by atoms with Crippen LogP contribution in [0.4, 0.5) is 17.1 Å². The van der Waals surface area contributed by atoms with Crippen LogP contribution in [0.15, 0.2) is 18.2 Å². The Morgan fingerprint density at radius 1 is 1.30 bits per heavy atom. The van der Waals surface area contributed by atoms with Crippen molar-refractivity contribution in [1.82, 2.24) is 4.90 Å². The largest absolute Gasteiger partial charge is 0.382 e. The lowest BCUT2D eigenvalue weighted by Crippen LogP contribution is -2.36. The van der Waals surface area contributed by atoms with Crippen molar-refractivity contribution in [1.29, 1.82) is 0 Å². The topological polar surface area (TPSA) is 70.4 Å². The summed E-state index contributed by atoms with van der Waals surface area (Å²) in [5, 5.41) is 17.5. The van der Waals surface area contributed by atoms with Gasteiger partial charge in [0.15, 0.2) is 0 Å². The Kier molecular flexibility index (Phi) is 5.76. The molecule has 1 aromatic carbocycles. The molecule has 2 N–H and O–H groups in total. The quantitative estimate of drug-likeness (QED) is 0.593. The summed E-state index contributed by atoms with van der Waals surface area (Å²) in [4.78, 5) is 13.0.